The molecule has 0 unspecified atom stereocenters. The van der Waals surface area contributed by atoms with Crippen LogP contribution in [0.25, 0.3) is 10.9 Å². The third-order valence-electron chi connectivity index (χ3n) is 2.91. The number of aryl methyl sites for hydroxylation is 1. The number of aromatic nitrogens is 1. The molecule has 2 rings (SSSR count). The molecular weight excluding hydrogens is 266 g/mol. The summed E-state index contributed by atoms with van der Waals surface area (Å²) < 4.78 is 1.05. The second-order valence-corrected chi connectivity index (χ2v) is 4.15. The van der Waals surface area contributed by atoms with Crippen LogP contribution >= 0.6 is 0 Å². The van der Waals surface area contributed by atoms with Crippen LogP contribution in [0.4, 0.5) is 0 Å². The van der Waals surface area contributed by atoms with Gasteiger partial charge in [-0.05, 0) is 12.1 Å². The zero-order chi connectivity index (χ0) is 14.9. The Morgan fingerprint density at radius 2 is 1.80 bits per heavy atom. The van der Waals surface area contributed by atoms with E-state index in [9.17, 15) is 19.5 Å². The van der Waals surface area contributed by atoms with Gasteiger partial charge in [0.15, 0.2) is 5.56 Å². The SMILES string of the molecule is O=C(O)CCn1c(=O)c(C(=O)O)c(O)c2ccccc21. The lowest BCUT2D eigenvalue weighted by atomic mass is 10.1. The number of fused-ring (bicyclic) bond motifs is 1. The summed E-state index contributed by atoms with van der Waals surface area (Å²) in [6, 6.07) is 6.18. The van der Waals surface area contributed by atoms with Crippen LogP contribution in [0, 0.1) is 0 Å². The van der Waals surface area contributed by atoms with Crippen molar-refractivity contribution in [2.24, 2.45) is 0 Å². The number of aromatic carboxylic acids is 1. The quantitative estimate of drug-likeness (QED) is 0.763. The highest BCUT2D eigenvalue weighted by molar-refractivity contribution is 5.98. The topological polar surface area (TPSA) is 117 Å². The molecule has 3 N–H and O–H groups in total. The van der Waals surface area contributed by atoms with E-state index in [0.29, 0.717) is 5.52 Å². The van der Waals surface area contributed by atoms with Gasteiger partial charge in [-0.2, -0.15) is 0 Å². The summed E-state index contributed by atoms with van der Waals surface area (Å²) in [4.78, 5) is 33.8. The van der Waals surface area contributed by atoms with Crippen molar-refractivity contribution in [1.29, 1.82) is 0 Å². The Balaban J connectivity index is 2.80. The summed E-state index contributed by atoms with van der Waals surface area (Å²) in [7, 11) is 0. The molecule has 0 saturated carbocycles. The minimum absolute atomic E-state index is 0.171. The Kier molecular flexibility index (Phi) is 3.43. The van der Waals surface area contributed by atoms with Crippen molar-refractivity contribution in [3.63, 3.8) is 0 Å². The highest BCUT2D eigenvalue weighted by Gasteiger charge is 2.21. The van der Waals surface area contributed by atoms with E-state index in [-0.39, 0.29) is 18.4 Å². The molecule has 20 heavy (non-hydrogen) atoms. The van der Waals surface area contributed by atoms with Gasteiger partial charge in [0.25, 0.3) is 5.56 Å². The predicted octanol–water partition coefficient (Wildman–Crippen LogP) is 0.880. The van der Waals surface area contributed by atoms with Gasteiger partial charge in [-0.3, -0.25) is 9.59 Å². The van der Waals surface area contributed by atoms with Crippen LogP contribution < -0.4 is 5.56 Å². The van der Waals surface area contributed by atoms with Gasteiger partial charge in [0.05, 0.1) is 11.9 Å². The van der Waals surface area contributed by atoms with E-state index < -0.39 is 28.8 Å². The summed E-state index contributed by atoms with van der Waals surface area (Å²) in [6.07, 6.45) is -0.326. The van der Waals surface area contributed by atoms with Crippen molar-refractivity contribution in [2.45, 2.75) is 13.0 Å². The Bertz CT molecular complexity index is 761. The number of benzene rings is 1. The first-order chi connectivity index (χ1) is 9.43. The van der Waals surface area contributed by atoms with E-state index in [1.807, 2.05) is 0 Å². The van der Waals surface area contributed by atoms with Gasteiger partial charge < -0.3 is 19.9 Å². The number of hydrogen-bond acceptors (Lipinski definition) is 4. The molecule has 1 aromatic heterocycles. The summed E-state index contributed by atoms with van der Waals surface area (Å²) in [5.41, 5.74) is -1.38. The minimum atomic E-state index is -1.55. The zero-order valence-corrected chi connectivity index (χ0v) is 10.2. The van der Waals surface area contributed by atoms with Gasteiger partial charge in [-0.15, -0.1) is 0 Å². The molecule has 0 spiro atoms. The highest BCUT2D eigenvalue weighted by Crippen LogP contribution is 2.26. The number of carboxylic acid groups (broad SMARTS) is 2. The summed E-state index contributed by atoms with van der Waals surface area (Å²) in [5.74, 6) is -3.27. The minimum Gasteiger partial charge on any atom is -0.506 e. The van der Waals surface area contributed by atoms with E-state index in [1.165, 1.54) is 12.1 Å². The average molecular weight is 277 g/mol. The number of hydrogen-bond donors (Lipinski definition) is 3. The first-order valence-corrected chi connectivity index (χ1v) is 5.73. The van der Waals surface area contributed by atoms with Gasteiger partial charge in [0, 0.05) is 11.9 Å². The number of rotatable bonds is 4. The van der Waals surface area contributed by atoms with Crippen molar-refractivity contribution in [3.05, 3.63) is 40.2 Å². The lowest BCUT2D eigenvalue weighted by Crippen LogP contribution is -2.27. The van der Waals surface area contributed by atoms with Crippen molar-refractivity contribution in [2.75, 3.05) is 0 Å². The number of para-hydroxylation sites is 1. The molecule has 0 aliphatic carbocycles. The molecule has 0 saturated heterocycles. The molecule has 0 fully saturated rings. The van der Waals surface area contributed by atoms with E-state index in [2.05, 4.69) is 0 Å². The van der Waals surface area contributed by atoms with Crippen LogP contribution in [0.3, 0.4) is 0 Å². The van der Waals surface area contributed by atoms with Crippen LogP contribution in [0.1, 0.15) is 16.8 Å². The van der Waals surface area contributed by atoms with Crippen LogP contribution in [-0.4, -0.2) is 31.8 Å². The Morgan fingerprint density at radius 3 is 2.40 bits per heavy atom. The highest BCUT2D eigenvalue weighted by atomic mass is 16.4. The smallest absolute Gasteiger partial charge is 0.345 e. The van der Waals surface area contributed by atoms with Crippen LogP contribution in [0.2, 0.25) is 0 Å². The van der Waals surface area contributed by atoms with Crippen LogP contribution in [0.5, 0.6) is 5.75 Å². The first-order valence-electron chi connectivity index (χ1n) is 5.73. The first kappa shape index (κ1) is 13.6. The molecule has 0 aliphatic rings. The van der Waals surface area contributed by atoms with Crippen molar-refractivity contribution in [3.8, 4) is 5.75 Å². The zero-order valence-electron chi connectivity index (χ0n) is 10.2. The van der Waals surface area contributed by atoms with Gasteiger partial charge in [-0.25, -0.2) is 4.79 Å². The number of aliphatic carboxylic acids is 1. The van der Waals surface area contributed by atoms with Crippen molar-refractivity contribution in [1.82, 2.24) is 4.57 Å². The van der Waals surface area contributed by atoms with E-state index in [0.717, 1.165) is 4.57 Å². The maximum Gasteiger partial charge on any atom is 0.345 e. The summed E-state index contributed by atoms with van der Waals surface area (Å²) in [6.45, 7) is -0.171. The normalized spacial score (nSPS) is 10.6. The fourth-order valence-corrected chi connectivity index (χ4v) is 2.01. The molecule has 0 amide bonds. The molecule has 0 radical (unpaired) electrons. The monoisotopic (exact) mass is 277 g/mol. The third kappa shape index (κ3) is 2.20. The van der Waals surface area contributed by atoms with E-state index >= 15 is 0 Å². The number of nitrogens with zero attached hydrogens (tertiary/aromatic N) is 1. The predicted molar refractivity (Wildman–Crippen MR) is 69.1 cm³/mol. The summed E-state index contributed by atoms with van der Waals surface area (Å²) >= 11 is 0. The molecule has 104 valence electrons. The van der Waals surface area contributed by atoms with Crippen LogP contribution in [-0.2, 0) is 11.3 Å². The van der Waals surface area contributed by atoms with Gasteiger partial charge >= 0.3 is 11.9 Å². The van der Waals surface area contributed by atoms with E-state index in [1.54, 1.807) is 12.1 Å². The maximum absolute atomic E-state index is 12.1. The molecule has 7 nitrogen and oxygen atoms in total. The second kappa shape index (κ2) is 5.04. The fourth-order valence-electron chi connectivity index (χ4n) is 2.01. The third-order valence-corrected chi connectivity index (χ3v) is 2.91. The molecule has 0 bridgehead atoms. The molecular formula is C13H11NO6. The van der Waals surface area contributed by atoms with Crippen molar-refractivity contribution < 1.29 is 24.9 Å². The number of pyridine rings is 1. The number of carboxylic acids is 2. The Hall–Kier alpha value is -2.83. The van der Waals surface area contributed by atoms with Gasteiger partial charge in [0.2, 0.25) is 0 Å². The molecule has 0 aliphatic heterocycles. The molecule has 0 atom stereocenters. The largest absolute Gasteiger partial charge is 0.506 e. The lowest BCUT2D eigenvalue weighted by molar-refractivity contribution is -0.137. The lowest BCUT2D eigenvalue weighted by Gasteiger charge is -2.12. The van der Waals surface area contributed by atoms with Gasteiger partial charge in [-0.1, -0.05) is 12.1 Å². The van der Waals surface area contributed by atoms with Crippen molar-refractivity contribution >= 4 is 22.8 Å². The standard InChI is InChI=1S/C13H11NO6/c15-9(16)5-6-14-8-4-2-1-3-7(8)11(17)10(12(14)18)13(19)20/h1-4,17H,5-6H2,(H,15,16)(H,19,20). The molecule has 7 heteroatoms. The Morgan fingerprint density at radius 1 is 1.15 bits per heavy atom. The number of aromatic hydroxyl groups is 1. The van der Waals surface area contributed by atoms with Crippen LogP contribution in [0.15, 0.2) is 29.1 Å². The van der Waals surface area contributed by atoms with Gasteiger partial charge in [0.1, 0.15) is 5.75 Å². The second-order valence-electron chi connectivity index (χ2n) is 4.15. The summed E-state index contributed by atoms with van der Waals surface area (Å²) in [5, 5.41) is 27.8. The maximum atomic E-state index is 12.1. The molecule has 1 aromatic carbocycles. The Labute approximate surface area is 112 Å². The molecule has 1 heterocycles. The fraction of sp³-hybridized carbons (Fsp3) is 0.154. The van der Waals surface area contributed by atoms with E-state index in [4.69, 9.17) is 10.2 Å². The average Bonchev–Trinajstić information content (AvgIpc) is 2.38. The number of carbonyl (C=O) groups is 2. The molecule has 2 aromatic rings.